The molecule has 0 saturated carbocycles. The van der Waals surface area contributed by atoms with Gasteiger partial charge < -0.3 is 15.1 Å². The predicted molar refractivity (Wildman–Crippen MR) is 172 cm³/mol. The van der Waals surface area contributed by atoms with Crippen molar-refractivity contribution in [1.29, 1.82) is 10.5 Å². The van der Waals surface area contributed by atoms with E-state index in [0.29, 0.717) is 18.4 Å². The predicted octanol–water partition coefficient (Wildman–Crippen LogP) is 7.72. The number of aromatic nitrogens is 4. The molecule has 44 heavy (non-hydrogen) atoms. The Morgan fingerprint density at radius 2 is 1.77 bits per heavy atom. The highest BCUT2D eigenvalue weighted by Crippen LogP contribution is 2.49. The summed E-state index contributed by atoms with van der Waals surface area (Å²) in [6.45, 7) is 14.5. The van der Waals surface area contributed by atoms with Gasteiger partial charge in [0.2, 0.25) is 0 Å². The minimum Gasteiger partial charge on any atom is -0.481 e. The first-order valence-electron chi connectivity index (χ1n) is 15.0. The van der Waals surface area contributed by atoms with Crippen molar-refractivity contribution in [1.82, 2.24) is 19.9 Å². The number of aromatic amines is 2. The minimum absolute atomic E-state index is 0.00755. The summed E-state index contributed by atoms with van der Waals surface area (Å²) in [4.78, 5) is 29.3. The molecule has 3 aromatic rings. The topological polar surface area (TPSA) is 142 Å². The quantitative estimate of drug-likeness (QED) is 0.263. The number of rotatable bonds is 5. The number of hydrogen-bond donors (Lipinski definition) is 3. The zero-order valence-electron chi connectivity index (χ0n) is 25.6. The van der Waals surface area contributed by atoms with Crippen LogP contribution in [-0.4, -0.2) is 31.0 Å². The van der Waals surface area contributed by atoms with Crippen LogP contribution in [0.5, 0.6) is 0 Å². The van der Waals surface area contributed by atoms with Gasteiger partial charge in [-0.1, -0.05) is 26.5 Å². The van der Waals surface area contributed by atoms with Crippen molar-refractivity contribution >= 4 is 45.3 Å². The van der Waals surface area contributed by atoms with Crippen LogP contribution in [-0.2, 0) is 17.6 Å². The number of fused-ring (bicyclic) bond motifs is 8. The van der Waals surface area contributed by atoms with Gasteiger partial charge in [0, 0.05) is 69.1 Å². The van der Waals surface area contributed by atoms with Crippen LogP contribution in [0.25, 0.3) is 39.3 Å². The Kier molecular flexibility index (Phi) is 7.10. The molecule has 0 aromatic carbocycles. The third-order valence-electron chi connectivity index (χ3n) is 9.58. The Labute approximate surface area is 256 Å². The molecule has 5 heterocycles. The third kappa shape index (κ3) is 4.37. The van der Waals surface area contributed by atoms with Gasteiger partial charge in [-0.2, -0.15) is 10.5 Å². The molecule has 0 radical (unpaired) electrons. The van der Waals surface area contributed by atoms with Gasteiger partial charge in [-0.3, -0.25) is 9.78 Å². The smallest absolute Gasteiger partial charge is 0.303 e. The number of nitrogens with zero attached hydrogens (tertiary/aromatic N) is 4. The van der Waals surface area contributed by atoms with Gasteiger partial charge in [-0.15, -0.1) is 0 Å². The number of aryl methyl sites for hydroxylation is 3. The maximum absolute atomic E-state index is 11.7. The van der Waals surface area contributed by atoms with Crippen molar-refractivity contribution in [3.8, 4) is 12.1 Å². The molecule has 0 saturated heterocycles. The third-order valence-corrected chi connectivity index (χ3v) is 9.58. The van der Waals surface area contributed by atoms with E-state index in [4.69, 9.17) is 9.97 Å². The molecule has 0 fully saturated rings. The van der Waals surface area contributed by atoms with Crippen molar-refractivity contribution in [3.05, 3.63) is 86.5 Å². The van der Waals surface area contributed by atoms with E-state index in [1.165, 1.54) is 5.56 Å². The second-order valence-electron chi connectivity index (χ2n) is 11.9. The van der Waals surface area contributed by atoms with E-state index in [1.54, 1.807) is 0 Å². The van der Waals surface area contributed by atoms with Crippen LogP contribution in [0.4, 0.5) is 0 Å². The lowest BCUT2D eigenvalue weighted by atomic mass is 9.85. The Hall–Kier alpha value is -5.21. The van der Waals surface area contributed by atoms with Gasteiger partial charge in [-0.25, -0.2) is 4.98 Å². The molecule has 220 valence electrons. The number of aliphatic carboxylic acids is 1. The second-order valence-corrected chi connectivity index (χ2v) is 11.9. The zero-order valence-corrected chi connectivity index (χ0v) is 25.6. The Balaban J connectivity index is 1.82. The number of carbonyl (C=O) groups is 1. The molecule has 8 bridgehead atoms. The van der Waals surface area contributed by atoms with Crippen LogP contribution in [0.3, 0.4) is 0 Å². The molecule has 3 N–H and O–H groups in total. The van der Waals surface area contributed by atoms with Crippen LogP contribution in [0.1, 0.15) is 96.0 Å². The first-order valence-corrected chi connectivity index (χ1v) is 15.0. The fraction of sp³-hybridized carbons (Fsp3) is 0.306. The lowest BCUT2D eigenvalue weighted by molar-refractivity contribution is -0.137. The molecule has 6 rings (SSSR count). The molecule has 2 atom stereocenters. The Morgan fingerprint density at radius 3 is 2.43 bits per heavy atom. The molecule has 8 nitrogen and oxygen atoms in total. The van der Waals surface area contributed by atoms with E-state index in [0.717, 1.165) is 84.7 Å². The molecular weight excluding hydrogens is 548 g/mol. The van der Waals surface area contributed by atoms with Gasteiger partial charge >= 0.3 is 5.97 Å². The molecule has 1 aliphatic carbocycles. The van der Waals surface area contributed by atoms with Crippen molar-refractivity contribution < 1.29 is 9.90 Å². The highest BCUT2D eigenvalue weighted by atomic mass is 16.4. The lowest BCUT2D eigenvalue weighted by Crippen LogP contribution is -2.07. The van der Waals surface area contributed by atoms with Gasteiger partial charge in [0.05, 0.1) is 17.1 Å². The van der Waals surface area contributed by atoms with Gasteiger partial charge in [-0.05, 0) is 79.6 Å². The first kappa shape index (κ1) is 28.9. The molecule has 0 amide bonds. The van der Waals surface area contributed by atoms with E-state index in [9.17, 15) is 20.4 Å². The lowest BCUT2D eigenvalue weighted by Gasteiger charge is -2.16. The number of allylic oxidation sites excluding steroid dienone is 4. The number of nitriles is 2. The summed E-state index contributed by atoms with van der Waals surface area (Å²) in [6.07, 6.45) is 3.47. The SMILES string of the molecule is C=Cc1c(C)c2cc3nc(c4c5nc(cc6[nH]c(cc1[nH]2)c(C)c6CC)C(C)=C5C(=C(C#N)C#N)C4)[C@@H](CCC(=O)O)[C@@H]3C. The van der Waals surface area contributed by atoms with Gasteiger partial charge in [0.25, 0.3) is 0 Å². The summed E-state index contributed by atoms with van der Waals surface area (Å²) in [5.74, 6) is -1.07. The monoisotopic (exact) mass is 582 g/mol. The molecular formula is C36H34N6O2. The van der Waals surface area contributed by atoms with Crippen molar-refractivity contribution in [2.45, 2.75) is 72.1 Å². The van der Waals surface area contributed by atoms with Crippen LogP contribution in [0, 0.1) is 36.5 Å². The van der Waals surface area contributed by atoms with E-state index in [2.05, 4.69) is 74.6 Å². The summed E-state index contributed by atoms with van der Waals surface area (Å²) >= 11 is 0. The number of carboxylic acids is 1. The molecule has 3 aliphatic rings. The molecule has 0 unspecified atom stereocenters. The van der Waals surface area contributed by atoms with Crippen LogP contribution >= 0.6 is 0 Å². The van der Waals surface area contributed by atoms with Crippen LogP contribution < -0.4 is 0 Å². The van der Waals surface area contributed by atoms with E-state index >= 15 is 0 Å². The van der Waals surface area contributed by atoms with Crippen LogP contribution in [0.2, 0.25) is 0 Å². The zero-order chi connectivity index (χ0) is 31.4. The van der Waals surface area contributed by atoms with Crippen molar-refractivity contribution in [3.63, 3.8) is 0 Å². The second kappa shape index (κ2) is 10.8. The van der Waals surface area contributed by atoms with E-state index in [1.807, 2.05) is 13.0 Å². The standard InChI is InChI=1S/C36H34N6O2/c1-7-22-17(3)27-12-29-19(5)24(9-10-33(43)44)35(41-29)26-11-25(21(15-37)16-38)34-20(6)30(42-36(26)34)14-32-23(8-2)18(4)28(40-32)13-31(22)39-27/h7,12-14,19,24,39-40H,1,8-11H2,2-6H3,(H,43,44)/t19-,24-/m0/s1. The van der Waals surface area contributed by atoms with Crippen LogP contribution in [0.15, 0.2) is 35.9 Å². The summed E-state index contributed by atoms with van der Waals surface area (Å²) < 4.78 is 0. The number of nitrogens with one attached hydrogen (secondary N) is 2. The molecule has 2 aliphatic heterocycles. The number of H-pyrrole nitrogens is 2. The van der Waals surface area contributed by atoms with Gasteiger partial charge in [0.15, 0.2) is 0 Å². The summed E-state index contributed by atoms with van der Waals surface area (Å²) in [7, 11) is 0. The van der Waals surface area contributed by atoms with E-state index in [-0.39, 0.29) is 23.8 Å². The average Bonchev–Trinajstić information content (AvgIpc) is 3.75. The number of hydrogen-bond acceptors (Lipinski definition) is 5. The normalized spacial score (nSPS) is 17.0. The first-order chi connectivity index (χ1) is 21.1. The molecule has 0 spiro atoms. The van der Waals surface area contributed by atoms with Crippen molar-refractivity contribution in [2.75, 3.05) is 0 Å². The maximum atomic E-state index is 11.7. The highest BCUT2D eigenvalue weighted by Gasteiger charge is 2.38. The highest BCUT2D eigenvalue weighted by molar-refractivity contribution is 6.04. The van der Waals surface area contributed by atoms with Crippen molar-refractivity contribution in [2.24, 2.45) is 0 Å². The molecule has 8 heteroatoms. The van der Waals surface area contributed by atoms with E-state index < -0.39 is 5.97 Å². The fourth-order valence-corrected chi connectivity index (χ4v) is 7.12. The largest absolute Gasteiger partial charge is 0.481 e. The fourth-order valence-electron chi connectivity index (χ4n) is 7.12. The number of carboxylic acid groups (broad SMARTS) is 1. The Morgan fingerprint density at radius 1 is 1.07 bits per heavy atom. The summed E-state index contributed by atoms with van der Waals surface area (Å²) in [5, 5.41) is 29.4. The summed E-state index contributed by atoms with van der Waals surface area (Å²) in [6, 6.07) is 10.4. The molecule has 3 aromatic heterocycles. The average molecular weight is 583 g/mol. The van der Waals surface area contributed by atoms with Gasteiger partial charge in [0.1, 0.15) is 17.7 Å². The maximum Gasteiger partial charge on any atom is 0.303 e. The summed E-state index contributed by atoms with van der Waals surface area (Å²) in [5.41, 5.74) is 14.7. The Bertz CT molecular complexity index is 2090. The minimum atomic E-state index is -0.858.